The van der Waals surface area contributed by atoms with Gasteiger partial charge in [-0.15, -0.1) is 0 Å². The molecule has 0 unspecified atom stereocenters. The number of aliphatic hydroxyl groups excluding tert-OH is 1. The molecule has 1 aromatic rings. The predicted octanol–water partition coefficient (Wildman–Crippen LogP) is 1.74. The number of nitrogens with zero attached hydrogens (tertiary/aromatic N) is 1. The topological polar surface area (TPSA) is 60.8 Å². The summed E-state index contributed by atoms with van der Waals surface area (Å²) in [7, 11) is 0. The van der Waals surface area contributed by atoms with Crippen LogP contribution in [0.5, 0.6) is 0 Å². The molecule has 1 saturated heterocycles. The van der Waals surface area contributed by atoms with E-state index in [0.717, 1.165) is 31.5 Å². The van der Waals surface area contributed by atoms with E-state index in [9.17, 15) is 9.90 Å². The van der Waals surface area contributed by atoms with Gasteiger partial charge in [-0.2, -0.15) is 0 Å². The van der Waals surface area contributed by atoms with Crippen molar-refractivity contribution in [1.29, 1.82) is 0 Å². The van der Waals surface area contributed by atoms with Crippen molar-refractivity contribution < 1.29 is 15.0 Å². The van der Waals surface area contributed by atoms with E-state index in [2.05, 4.69) is 0 Å². The molecular weight excluding hydrogens is 218 g/mol. The molecule has 0 spiro atoms. The summed E-state index contributed by atoms with van der Waals surface area (Å²) in [6.07, 6.45) is 3.06. The molecule has 0 aromatic heterocycles. The van der Waals surface area contributed by atoms with Crippen LogP contribution in [0.2, 0.25) is 0 Å². The van der Waals surface area contributed by atoms with Crippen molar-refractivity contribution in [3.63, 3.8) is 0 Å². The Hall–Kier alpha value is -1.55. The molecular formula is C13H17NO3. The van der Waals surface area contributed by atoms with E-state index in [1.165, 1.54) is 0 Å². The molecule has 4 nitrogen and oxygen atoms in total. The van der Waals surface area contributed by atoms with E-state index in [0.29, 0.717) is 5.56 Å². The second-order valence-electron chi connectivity index (χ2n) is 4.35. The number of hydrogen-bond donors (Lipinski definition) is 2. The van der Waals surface area contributed by atoms with Crippen LogP contribution in [0.4, 0.5) is 5.69 Å². The summed E-state index contributed by atoms with van der Waals surface area (Å²) < 4.78 is 0. The summed E-state index contributed by atoms with van der Waals surface area (Å²) in [6, 6.07) is 7.04. The number of carbonyl (C=O) groups is 1. The van der Waals surface area contributed by atoms with Crippen molar-refractivity contribution >= 4 is 11.7 Å². The molecule has 1 aliphatic rings. The van der Waals surface area contributed by atoms with E-state index in [-0.39, 0.29) is 12.6 Å². The quantitative estimate of drug-likeness (QED) is 0.837. The normalized spacial score (nSPS) is 20.3. The Bertz CT molecular complexity index is 405. The van der Waals surface area contributed by atoms with Crippen LogP contribution in [-0.2, 0) is 0 Å². The maximum atomic E-state index is 11.2. The van der Waals surface area contributed by atoms with Gasteiger partial charge >= 0.3 is 5.97 Å². The Balaban J connectivity index is 2.34. The van der Waals surface area contributed by atoms with Crippen molar-refractivity contribution in [3.8, 4) is 0 Å². The third-order valence-corrected chi connectivity index (χ3v) is 3.28. The minimum Gasteiger partial charge on any atom is -0.478 e. The Labute approximate surface area is 100 Å². The summed E-state index contributed by atoms with van der Waals surface area (Å²) in [4.78, 5) is 13.2. The molecule has 1 fully saturated rings. The lowest BCUT2D eigenvalue weighted by Gasteiger charge is -2.37. The molecule has 2 rings (SSSR count). The minimum absolute atomic E-state index is 0.0456. The monoisotopic (exact) mass is 235 g/mol. The SMILES string of the molecule is O=C(O)c1ccccc1N1CCCC[C@H]1CO. The van der Waals surface area contributed by atoms with Gasteiger partial charge in [-0.25, -0.2) is 4.79 Å². The summed E-state index contributed by atoms with van der Waals surface area (Å²) in [5, 5.41) is 18.5. The number of benzene rings is 1. The summed E-state index contributed by atoms with van der Waals surface area (Å²) in [5.41, 5.74) is 1.03. The van der Waals surface area contributed by atoms with Gasteiger partial charge in [0.05, 0.1) is 23.9 Å². The molecule has 1 atom stereocenters. The highest BCUT2D eigenvalue weighted by Crippen LogP contribution is 2.27. The molecule has 0 bridgehead atoms. The van der Waals surface area contributed by atoms with Crippen LogP contribution in [0.15, 0.2) is 24.3 Å². The van der Waals surface area contributed by atoms with Gasteiger partial charge in [0, 0.05) is 6.54 Å². The van der Waals surface area contributed by atoms with Gasteiger partial charge in [-0.1, -0.05) is 12.1 Å². The molecule has 2 N–H and O–H groups in total. The number of para-hydroxylation sites is 1. The zero-order chi connectivity index (χ0) is 12.3. The van der Waals surface area contributed by atoms with Crippen molar-refractivity contribution in [2.24, 2.45) is 0 Å². The predicted molar refractivity (Wildman–Crippen MR) is 65.5 cm³/mol. The number of rotatable bonds is 3. The van der Waals surface area contributed by atoms with Crippen molar-refractivity contribution in [2.75, 3.05) is 18.1 Å². The van der Waals surface area contributed by atoms with Crippen molar-refractivity contribution in [2.45, 2.75) is 25.3 Å². The Kier molecular flexibility index (Phi) is 3.64. The number of anilines is 1. The first-order valence-electron chi connectivity index (χ1n) is 5.94. The van der Waals surface area contributed by atoms with E-state index in [1.807, 2.05) is 17.0 Å². The van der Waals surface area contributed by atoms with Crippen molar-refractivity contribution in [1.82, 2.24) is 0 Å². The minimum atomic E-state index is -0.914. The average Bonchev–Trinajstić information content (AvgIpc) is 2.38. The van der Waals surface area contributed by atoms with Gasteiger partial charge in [0.1, 0.15) is 0 Å². The molecule has 1 aliphatic heterocycles. The standard InChI is InChI=1S/C13H17NO3/c15-9-10-5-3-4-8-14(10)12-7-2-1-6-11(12)13(16)17/h1-2,6-7,10,15H,3-5,8-9H2,(H,16,17)/t10-/m0/s1. The zero-order valence-corrected chi connectivity index (χ0v) is 9.67. The van der Waals surface area contributed by atoms with Gasteiger partial charge in [-0.3, -0.25) is 0 Å². The molecule has 0 aliphatic carbocycles. The fourth-order valence-corrected chi connectivity index (χ4v) is 2.41. The van der Waals surface area contributed by atoms with Crippen LogP contribution in [-0.4, -0.2) is 35.4 Å². The van der Waals surface area contributed by atoms with E-state index < -0.39 is 5.97 Å². The van der Waals surface area contributed by atoms with Crippen LogP contribution in [0.1, 0.15) is 29.6 Å². The first kappa shape index (κ1) is 11.9. The molecule has 4 heteroatoms. The van der Waals surface area contributed by atoms with Crippen LogP contribution in [0.3, 0.4) is 0 Å². The van der Waals surface area contributed by atoms with Crippen LogP contribution >= 0.6 is 0 Å². The molecule has 1 heterocycles. The number of carboxylic acids is 1. The molecule has 1 aromatic carbocycles. The van der Waals surface area contributed by atoms with E-state index in [4.69, 9.17) is 5.11 Å². The summed E-state index contributed by atoms with van der Waals surface area (Å²) in [6.45, 7) is 0.892. The summed E-state index contributed by atoms with van der Waals surface area (Å²) in [5.74, 6) is -0.914. The largest absolute Gasteiger partial charge is 0.478 e. The maximum Gasteiger partial charge on any atom is 0.337 e. The Morgan fingerprint density at radius 2 is 2.12 bits per heavy atom. The smallest absolute Gasteiger partial charge is 0.337 e. The van der Waals surface area contributed by atoms with Gasteiger partial charge in [0.2, 0.25) is 0 Å². The highest BCUT2D eigenvalue weighted by atomic mass is 16.4. The first-order valence-corrected chi connectivity index (χ1v) is 5.94. The second-order valence-corrected chi connectivity index (χ2v) is 4.35. The van der Waals surface area contributed by atoms with Crippen LogP contribution < -0.4 is 4.90 Å². The number of aliphatic hydroxyl groups is 1. The lowest BCUT2D eigenvalue weighted by Crippen LogP contribution is -2.42. The van der Waals surface area contributed by atoms with E-state index >= 15 is 0 Å². The second kappa shape index (κ2) is 5.19. The summed E-state index contributed by atoms with van der Waals surface area (Å²) >= 11 is 0. The number of aromatic carboxylic acids is 1. The van der Waals surface area contributed by atoms with Crippen LogP contribution in [0, 0.1) is 0 Å². The molecule has 17 heavy (non-hydrogen) atoms. The van der Waals surface area contributed by atoms with Gasteiger partial charge in [0.15, 0.2) is 0 Å². The number of carboxylic acid groups (broad SMARTS) is 1. The van der Waals surface area contributed by atoms with Gasteiger partial charge < -0.3 is 15.1 Å². The third kappa shape index (κ3) is 2.42. The maximum absolute atomic E-state index is 11.2. The zero-order valence-electron chi connectivity index (χ0n) is 9.67. The molecule has 0 radical (unpaired) electrons. The molecule has 0 saturated carbocycles. The lowest BCUT2D eigenvalue weighted by atomic mass is 10.0. The first-order chi connectivity index (χ1) is 8.24. The van der Waals surface area contributed by atoms with Crippen molar-refractivity contribution in [3.05, 3.63) is 29.8 Å². The number of piperidine rings is 1. The van der Waals surface area contributed by atoms with Gasteiger partial charge in [0.25, 0.3) is 0 Å². The van der Waals surface area contributed by atoms with Gasteiger partial charge in [-0.05, 0) is 31.4 Å². The lowest BCUT2D eigenvalue weighted by molar-refractivity contribution is 0.0697. The Morgan fingerprint density at radius 1 is 1.35 bits per heavy atom. The molecule has 0 amide bonds. The van der Waals surface area contributed by atoms with Crippen LogP contribution in [0.25, 0.3) is 0 Å². The highest BCUT2D eigenvalue weighted by Gasteiger charge is 2.24. The third-order valence-electron chi connectivity index (χ3n) is 3.28. The average molecular weight is 235 g/mol. The molecule has 92 valence electrons. The highest BCUT2D eigenvalue weighted by molar-refractivity contribution is 5.94. The fourth-order valence-electron chi connectivity index (χ4n) is 2.41. The Morgan fingerprint density at radius 3 is 2.82 bits per heavy atom. The number of hydrogen-bond acceptors (Lipinski definition) is 3. The van der Waals surface area contributed by atoms with E-state index in [1.54, 1.807) is 12.1 Å². The fraction of sp³-hybridized carbons (Fsp3) is 0.462.